The number of aryl methyl sites for hydroxylation is 1. The topological polar surface area (TPSA) is 69.6 Å². The van der Waals surface area contributed by atoms with Gasteiger partial charge in [0, 0.05) is 36.4 Å². The molecule has 1 aliphatic rings. The van der Waals surface area contributed by atoms with Crippen molar-refractivity contribution >= 4 is 17.5 Å². The maximum atomic E-state index is 12.5. The van der Waals surface area contributed by atoms with Crippen molar-refractivity contribution in [2.24, 2.45) is 7.05 Å². The molecule has 6 nitrogen and oxygen atoms in total. The Morgan fingerprint density at radius 3 is 2.56 bits per heavy atom. The van der Waals surface area contributed by atoms with Gasteiger partial charge in [-0.3, -0.25) is 9.59 Å². The highest BCUT2D eigenvalue weighted by Crippen LogP contribution is 2.46. The molecule has 1 amide bonds. The number of aromatic nitrogens is 1. The quantitative estimate of drug-likeness (QED) is 0.623. The number of methoxy groups -OCH3 is 1. The lowest BCUT2D eigenvalue weighted by atomic mass is 9.91. The summed E-state index contributed by atoms with van der Waals surface area (Å²) in [5.41, 5.74) is 4.11. The van der Waals surface area contributed by atoms with Gasteiger partial charge >= 0.3 is 0 Å². The highest BCUT2D eigenvalue weighted by atomic mass is 35.5. The van der Waals surface area contributed by atoms with Crippen molar-refractivity contribution in [1.82, 2.24) is 9.88 Å². The van der Waals surface area contributed by atoms with Crippen LogP contribution in [0.5, 0.6) is 5.75 Å². The molecule has 2 aromatic carbocycles. The standard InChI is InChI=1S/C25H25ClN2O4/c1-4-27-23(29)13-22-19-12-24(30)28(2)14-21(19)18-10-9-17(31-3)11-20(18)25(32-22)15-5-7-16(26)8-6-15/h5-12,14,22,25H,4,13H2,1-3H3,(H,27,29). The Kier molecular flexibility index (Phi) is 6.35. The van der Waals surface area contributed by atoms with Crippen molar-refractivity contribution in [3.63, 3.8) is 0 Å². The van der Waals surface area contributed by atoms with E-state index in [1.165, 1.54) is 0 Å². The van der Waals surface area contributed by atoms with E-state index >= 15 is 0 Å². The Morgan fingerprint density at radius 2 is 1.88 bits per heavy atom. The summed E-state index contributed by atoms with van der Waals surface area (Å²) in [5.74, 6) is 0.558. The number of amides is 1. The normalized spacial score (nSPS) is 17.1. The molecule has 2 heterocycles. The average Bonchev–Trinajstić information content (AvgIpc) is 2.90. The second-order valence-electron chi connectivity index (χ2n) is 7.76. The molecule has 0 aliphatic carbocycles. The van der Waals surface area contributed by atoms with Gasteiger partial charge in [-0.2, -0.15) is 0 Å². The van der Waals surface area contributed by atoms with E-state index in [2.05, 4.69) is 5.32 Å². The van der Waals surface area contributed by atoms with Gasteiger partial charge in [0.25, 0.3) is 5.56 Å². The van der Waals surface area contributed by atoms with Crippen molar-refractivity contribution in [1.29, 1.82) is 0 Å². The zero-order chi connectivity index (χ0) is 22.8. The van der Waals surface area contributed by atoms with E-state index in [4.69, 9.17) is 21.1 Å². The van der Waals surface area contributed by atoms with Crippen LogP contribution in [0.1, 0.15) is 42.2 Å². The number of ether oxygens (including phenoxy) is 2. The zero-order valence-corrected chi connectivity index (χ0v) is 19.0. The summed E-state index contributed by atoms with van der Waals surface area (Å²) in [6.07, 6.45) is 0.818. The first-order valence-electron chi connectivity index (χ1n) is 10.5. The van der Waals surface area contributed by atoms with Crippen LogP contribution < -0.4 is 15.6 Å². The molecule has 4 rings (SSSR count). The zero-order valence-electron chi connectivity index (χ0n) is 18.2. The molecule has 2 unspecified atom stereocenters. The van der Waals surface area contributed by atoms with Gasteiger partial charge in [0.15, 0.2) is 0 Å². The molecule has 0 saturated heterocycles. The number of benzene rings is 2. The van der Waals surface area contributed by atoms with Gasteiger partial charge < -0.3 is 19.4 Å². The number of pyridine rings is 1. The van der Waals surface area contributed by atoms with Crippen LogP contribution in [0.4, 0.5) is 0 Å². The molecule has 166 valence electrons. The molecule has 0 spiro atoms. The highest BCUT2D eigenvalue weighted by Gasteiger charge is 2.32. The summed E-state index contributed by atoms with van der Waals surface area (Å²) < 4.78 is 13.6. The summed E-state index contributed by atoms with van der Waals surface area (Å²) in [7, 11) is 3.33. The van der Waals surface area contributed by atoms with Crippen molar-refractivity contribution in [2.75, 3.05) is 13.7 Å². The number of nitrogens with zero attached hydrogens (tertiary/aromatic N) is 1. The van der Waals surface area contributed by atoms with Gasteiger partial charge in [-0.05, 0) is 53.4 Å². The Balaban J connectivity index is 1.95. The number of rotatable bonds is 5. The van der Waals surface area contributed by atoms with Gasteiger partial charge in [-0.25, -0.2) is 0 Å². The molecule has 1 aliphatic heterocycles. The smallest absolute Gasteiger partial charge is 0.250 e. The number of carbonyl (C=O) groups excluding carboxylic acids is 1. The number of fused-ring (bicyclic) bond motifs is 3. The largest absolute Gasteiger partial charge is 0.497 e. The van der Waals surface area contributed by atoms with Gasteiger partial charge in [0.05, 0.1) is 19.6 Å². The molecule has 3 aromatic rings. The summed E-state index contributed by atoms with van der Waals surface area (Å²) >= 11 is 6.12. The molecule has 32 heavy (non-hydrogen) atoms. The molecule has 0 saturated carbocycles. The fourth-order valence-electron chi connectivity index (χ4n) is 4.07. The lowest BCUT2D eigenvalue weighted by Gasteiger charge is -2.24. The highest BCUT2D eigenvalue weighted by molar-refractivity contribution is 6.30. The van der Waals surface area contributed by atoms with Crippen LogP contribution in [0.2, 0.25) is 5.02 Å². The van der Waals surface area contributed by atoms with Crippen LogP contribution in [0.25, 0.3) is 11.1 Å². The molecular formula is C25H25ClN2O4. The van der Waals surface area contributed by atoms with Crippen LogP contribution >= 0.6 is 11.6 Å². The predicted molar refractivity (Wildman–Crippen MR) is 124 cm³/mol. The van der Waals surface area contributed by atoms with Gasteiger partial charge in [0.2, 0.25) is 5.91 Å². The second-order valence-corrected chi connectivity index (χ2v) is 8.20. The van der Waals surface area contributed by atoms with E-state index in [-0.39, 0.29) is 17.9 Å². The summed E-state index contributed by atoms with van der Waals surface area (Å²) in [6.45, 7) is 2.39. The third kappa shape index (κ3) is 4.29. The van der Waals surface area contributed by atoms with E-state index in [0.29, 0.717) is 22.9 Å². The van der Waals surface area contributed by atoms with E-state index in [9.17, 15) is 9.59 Å². The maximum Gasteiger partial charge on any atom is 0.250 e. The van der Waals surface area contributed by atoms with Crippen molar-refractivity contribution in [3.8, 4) is 16.9 Å². The van der Waals surface area contributed by atoms with E-state index in [1.807, 2.05) is 49.4 Å². The molecule has 0 radical (unpaired) electrons. The summed E-state index contributed by atoms with van der Waals surface area (Å²) in [6, 6.07) is 14.8. The lowest BCUT2D eigenvalue weighted by Crippen LogP contribution is -2.26. The van der Waals surface area contributed by atoms with E-state index in [1.54, 1.807) is 31.0 Å². The van der Waals surface area contributed by atoms with Crippen molar-refractivity contribution in [3.05, 3.63) is 86.8 Å². The minimum atomic E-state index is -0.607. The first-order chi connectivity index (χ1) is 15.4. The van der Waals surface area contributed by atoms with Crippen molar-refractivity contribution in [2.45, 2.75) is 25.6 Å². The van der Waals surface area contributed by atoms with E-state index in [0.717, 1.165) is 22.3 Å². The fourth-order valence-corrected chi connectivity index (χ4v) is 4.19. The summed E-state index contributed by atoms with van der Waals surface area (Å²) in [5, 5.41) is 3.46. The Labute approximate surface area is 191 Å². The molecule has 1 N–H and O–H groups in total. The number of nitrogens with one attached hydrogen (secondary N) is 1. The Hall–Kier alpha value is -3.09. The molecule has 0 bridgehead atoms. The Bertz CT molecular complexity index is 1200. The van der Waals surface area contributed by atoms with Crippen LogP contribution in [-0.2, 0) is 16.6 Å². The summed E-state index contributed by atoms with van der Waals surface area (Å²) in [4.78, 5) is 25.1. The van der Waals surface area contributed by atoms with Crippen LogP contribution in [0.3, 0.4) is 0 Å². The predicted octanol–water partition coefficient (Wildman–Crippen LogP) is 4.40. The minimum Gasteiger partial charge on any atom is -0.497 e. The van der Waals surface area contributed by atoms with E-state index < -0.39 is 12.2 Å². The molecule has 1 aromatic heterocycles. The third-order valence-electron chi connectivity index (χ3n) is 5.66. The first-order valence-corrected chi connectivity index (χ1v) is 10.9. The number of halogens is 1. The number of hydrogen-bond acceptors (Lipinski definition) is 4. The molecule has 7 heteroatoms. The van der Waals surface area contributed by atoms with Gasteiger partial charge in [0.1, 0.15) is 11.9 Å². The lowest BCUT2D eigenvalue weighted by molar-refractivity contribution is -0.124. The first kappa shape index (κ1) is 22.1. The SMILES string of the molecule is CCNC(=O)CC1OC(c2ccc(Cl)cc2)c2cc(OC)ccc2-c2cn(C)c(=O)cc21. The number of carbonyl (C=O) groups is 1. The average molecular weight is 453 g/mol. The Morgan fingerprint density at radius 1 is 1.12 bits per heavy atom. The van der Waals surface area contributed by atoms with Crippen LogP contribution in [0, 0.1) is 0 Å². The monoisotopic (exact) mass is 452 g/mol. The molecule has 0 fully saturated rings. The maximum absolute atomic E-state index is 12.5. The van der Waals surface area contributed by atoms with Gasteiger partial charge in [-0.15, -0.1) is 0 Å². The second kappa shape index (κ2) is 9.18. The van der Waals surface area contributed by atoms with Crippen LogP contribution in [0.15, 0.2) is 59.5 Å². The van der Waals surface area contributed by atoms with Crippen LogP contribution in [-0.4, -0.2) is 24.1 Å². The molecule has 2 atom stereocenters. The third-order valence-corrected chi connectivity index (χ3v) is 5.91. The van der Waals surface area contributed by atoms with Crippen molar-refractivity contribution < 1.29 is 14.3 Å². The molecular weight excluding hydrogens is 428 g/mol. The number of hydrogen-bond donors (Lipinski definition) is 1. The minimum absolute atomic E-state index is 0.100. The van der Waals surface area contributed by atoms with Gasteiger partial charge in [-0.1, -0.05) is 29.8 Å². The fraction of sp³-hybridized carbons (Fsp3) is 0.280.